The number of esters is 2. The minimum Gasteiger partial charge on any atom is -0.468 e. The first-order valence-electron chi connectivity index (χ1n) is 4.91. The molecule has 0 heterocycles. The molecule has 0 saturated carbocycles. The van der Waals surface area contributed by atoms with Crippen molar-refractivity contribution < 1.29 is 19.1 Å². The topological polar surface area (TPSA) is 52.6 Å². The van der Waals surface area contributed by atoms with Crippen LogP contribution in [0.2, 0.25) is 0 Å². The van der Waals surface area contributed by atoms with E-state index in [1.54, 1.807) is 0 Å². The molecular formula is C10H18O4. The molecule has 0 aliphatic heterocycles. The van der Waals surface area contributed by atoms with Crippen LogP contribution in [-0.4, -0.2) is 25.7 Å². The first-order chi connectivity index (χ1) is 6.67. The number of carbonyl (C=O) groups excluding carboxylic acids is 2. The highest BCUT2D eigenvalue weighted by atomic mass is 16.5. The molecule has 0 aromatic carbocycles. The molecule has 1 unspecified atom stereocenters. The summed E-state index contributed by atoms with van der Waals surface area (Å²) < 4.78 is 9.42. The van der Waals surface area contributed by atoms with Gasteiger partial charge in [-0.3, -0.25) is 9.59 Å². The van der Waals surface area contributed by atoms with E-state index in [-0.39, 0.29) is 0 Å². The van der Waals surface area contributed by atoms with Gasteiger partial charge in [0.05, 0.1) is 13.7 Å². The average Bonchev–Trinajstić information content (AvgIpc) is 2.21. The fourth-order valence-corrected chi connectivity index (χ4v) is 1.07. The Balaban J connectivity index is 4.18. The van der Waals surface area contributed by atoms with Crippen molar-refractivity contribution >= 4 is 11.9 Å². The van der Waals surface area contributed by atoms with E-state index < -0.39 is 17.9 Å². The van der Waals surface area contributed by atoms with Crippen LogP contribution in [-0.2, 0) is 19.1 Å². The molecular weight excluding hydrogens is 184 g/mol. The third-order valence-electron chi connectivity index (χ3n) is 1.80. The van der Waals surface area contributed by atoms with Crippen molar-refractivity contribution in [3.63, 3.8) is 0 Å². The summed E-state index contributed by atoms with van der Waals surface area (Å²) >= 11 is 0. The highest BCUT2D eigenvalue weighted by Crippen LogP contribution is 2.10. The first-order valence-corrected chi connectivity index (χ1v) is 4.91. The van der Waals surface area contributed by atoms with Crippen LogP contribution in [0.3, 0.4) is 0 Å². The summed E-state index contributed by atoms with van der Waals surface area (Å²) in [6.07, 6.45) is 1.99. The Hall–Kier alpha value is -1.06. The van der Waals surface area contributed by atoms with Crippen LogP contribution in [0, 0.1) is 5.92 Å². The van der Waals surface area contributed by atoms with E-state index in [1.165, 1.54) is 7.11 Å². The quantitative estimate of drug-likeness (QED) is 0.484. The molecule has 14 heavy (non-hydrogen) atoms. The van der Waals surface area contributed by atoms with Crippen molar-refractivity contribution in [2.45, 2.75) is 33.1 Å². The lowest BCUT2D eigenvalue weighted by Crippen LogP contribution is -2.27. The van der Waals surface area contributed by atoms with Gasteiger partial charge in [-0.2, -0.15) is 0 Å². The summed E-state index contributed by atoms with van der Waals surface area (Å²) in [4.78, 5) is 22.6. The van der Waals surface area contributed by atoms with Crippen LogP contribution in [0.25, 0.3) is 0 Å². The fourth-order valence-electron chi connectivity index (χ4n) is 1.07. The summed E-state index contributed by atoms with van der Waals surface area (Å²) in [6.45, 7) is 4.17. The highest BCUT2D eigenvalue weighted by Gasteiger charge is 2.27. The van der Waals surface area contributed by atoms with Gasteiger partial charge in [-0.05, 0) is 12.8 Å². The lowest BCUT2D eigenvalue weighted by Gasteiger charge is -2.12. The SMILES string of the molecule is CCCOC(=O)C(CCC)C(=O)OC. The summed E-state index contributed by atoms with van der Waals surface area (Å²) in [5, 5.41) is 0. The molecule has 0 bridgehead atoms. The van der Waals surface area contributed by atoms with Crippen molar-refractivity contribution in [1.82, 2.24) is 0 Å². The second-order valence-electron chi connectivity index (χ2n) is 3.03. The van der Waals surface area contributed by atoms with Gasteiger partial charge in [0, 0.05) is 0 Å². The number of carbonyl (C=O) groups is 2. The number of ether oxygens (including phenoxy) is 2. The lowest BCUT2D eigenvalue weighted by atomic mass is 10.0. The number of methoxy groups -OCH3 is 1. The Labute approximate surface area is 84.6 Å². The van der Waals surface area contributed by atoms with Crippen molar-refractivity contribution in [2.24, 2.45) is 5.92 Å². The fraction of sp³-hybridized carbons (Fsp3) is 0.800. The van der Waals surface area contributed by atoms with Crippen LogP contribution in [0.5, 0.6) is 0 Å². The van der Waals surface area contributed by atoms with Gasteiger partial charge in [-0.25, -0.2) is 0 Å². The van der Waals surface area contributed by atoms with Gasteiger partial charge in [0.1, 0.15) is 0 Å². The molecule has 82 valence electrons. The van der Waals surface area contributed by atoms with Crippen molar-refractivity contribution in [2.75, 3.05) is 13.7 Å². The van der Waals surface area contributed by atoms with Crippen LogP contribution < -0.4 is 0 Å². The Kier molecular flexibility index (Phi) is 6.80. The molecule has 0 radical (unpaired) electrons. The van der Waals surface area contributed by atoms with Crippen molar-refractivity contribution in [3.05, 3.63) is 0 Å². The Morgan fingerprint density at radius 1 is 1.14 bits per heavy atom. The van der Waals surface area contributed by atoms with Gasteiger partial charge in [0.25, 0.3) is 0 Å². The van der Waals surface area contributed by atoms with Gasteiger partial charge in [-0.15, -0.1) is 0 Å². The molecule has 0 aliphatic rings. The number of hydrogen-bond donors (Lipinski definition) is 0. The van der Waals surface area contributed by atoms with E-state index in [1.807, 2.05) is 13.8 Å². The molecule has 4 heteroatoms. The molecule has 1 atom stereocenters. The maximum atomic E-state index is 11.4. The molecule has 4 nitrogen and oxygen atoms in total. The molecule has 0 amide bonds. The molecule has 0 aromatic rings. The smallest absolute Gasteiger partial charge is 0.320 e. The first kappa shape index (κ1) is 12.9. The van der Waals surface area contributed by atoms with Gasteiger partial charge in [0.2, 0.25) is 0 Å². The maximum absolute atomic E-state index is 11.4. The summed E-state index contributed by atoms with van der Waals surface area (Å²) in [6, 6.07) is 0. The van der Waals surface area contributed by atoms with Gasteiger partial charge < -0.3 is 9.47 Å². The Bertz CT molecular complexity index is 189. The molecule has 0 rings (SSSR count). The number of hydrogen-bond acceptors (Lipinski definition) is 4. The van der Waals surface area contributed by atoms with Crippen LogP contribution in [0.15, 0.2) is 0 Å². The van der Waals surface area contributed by atoms with Gasteiger partial charge >= 0.3 is 11.9 Å². The standard InChI is InChI=1S/C10H18O4/c1-4-6-8(9(11)13-3)10(12)14-7-5-2/h8H,4-7H2,1-3H3. The second kappa shape index (κ2) is 7.35. The zero-order valence-corrected chi connectivity index (χ0v) is 9.04. The van der Waals surface area contributed by atoms with Gasteiger partial charge in [-0.1, -0.05) is 20.3 Å². The van der Waals surface area contributed by atoms with E-state index >= 15 is 0 Å². The van der Waals surface area contributed by atoms with Crippen LogP contribution >= 0.6 is 0 Å². The van der Waals surface area contributed by atoms with Crippen molar-refractivity contribution in [1.29, 1.82) is 0 Å². The van der Waals surface area contributed by atoms with E-state index in [9.17, 15) is 9.59 Å². The minimum absolute atomic E-state index is 0.357. The van der Waals surface area contributed by atoms with Crippen LogP contribution in [0.1, 0.15) is 33.1 Å². The van der Waals surface area contributed by atoms with E-state index in [2.05, 4.69) is 4.74 Å². The Morgan fingerprint density at radius 3 is 2.21 bits per heavy atom. The van der Waals surface area contributed by atoms with E-state index in [0.717, 1.165) is 12.8 Å². The predicted octanol–water partition coefficient (Wildman–Crippen LogP) is 1.53. The molecule has 0 aliphatic carbocycles. The maximum Gasteiger partial charge on any atom is 0.320 e. The van der Waals surface area contributed by atoms with Gasteiger partial charge in [0.15, 0.2) is 5.92 Å². The minimum atomic E-state index is -0.753. The zero-order chi connectivity index (χ0) is 11.0. The third-order valence-corrected chi connectivity index (χ3v) is 1.80. The largest absolute Gasteiger partial charge is 0.468 e. The highest BCUT2D eigenvalue weighted by molar-refractivity contribution is 5.94. The zero-order valence-electron chi connectivity index (χ0n) is 9.04. The average molecular weight is 202 g/mol. The lowest BCUT2D eigenvalue weighted by molar-refractivity contribution is -0.160. The van der Waals surface area contributed by atoms with Crippen LogP contribution in [0.4, 0.5) is 0 Å². The summed E-state index contributed by atoms with van der Waals surface area (Å²) in [5.41, 5.74) is 0. The normalized spacial score (nSPS) is 11.9. The monoisotopic (exact) mass is 202 g/mol. The van der Waals surface area contributed by atoms with E-state index in [4.69, 9.17) is 4.74 Å². The van der Waals surface area contributed by atoms with Crippen molar-refractivity contribution in [3.8, 4) is 0 Å². The second-order valence-corrected chi connectivity index (χ2v) is 3.03. The molecule has 0 fully saturated rings. The molecule has 0 spiro atoms. The summed E-state index contributed by atoms with van der Waals surface area (Å²) in [7, 11) is 1.28. The molecule has 0 aromatic heterocycles. The van der Waals surface area contributed by atoms with E-state index in [0.29, 0.717) is 13.0 Å². The summed E-state index contributed by atoms with van der Waals surface area (Å²) in [5.74, 6) is -1.73. The molecule has 0 N–H and O–H groups in total. The third kappa shape index (κ3) is 4.25. The predicted molar refractivity (Wildman–Crippen MR) is 51.7 cm³/mol. The molecule has 0 saturated heterocycles. The number of rotatable bonds is 6. The Morgan fingerprint density at radius 2 is 1.79 bits per heavy atom.